The van der Waals surface area contributed by atoms with Crippen molar-refractivity contribution in [2.24, 2.45) is 5.92 Å². The fourth-order valence-corrected chi connectivity index (χ4v) is 4.60. The zero-order valence-electron chi connectivity index (χ0n) is 18.7. The Morgan fingerprint density at radius 1 is 1.18 bits per heavy atom. The number of nitrogens with zero attached hydrogens (tertiary/aromatic N) is 3. The van der Waals surface area contributed by atoms with Crippen LogP contribution in [0, 0.1) is 5.92 Å². The third-order valence-electron chi connectivity index (χ3n) is 6.10. The van der Waals surface area contributed by atoms with Gasteiger partial charge in [-0.25, -0.2) is 9.78 Å². The highest BCUT2D eigenvalue weighted by atomic mass is 19.4. The first-order chi connectivity index (χ1) is 15.6. The predicted molar refractivity (Wildman–Crippen MR) is 118 cm³/mol. The Kier molecular flexibility index (Phi) is 5.67. The summed E-state index contributed by atoms with van der Waals surface area (Å²) in [5, 5.41) is 0.246. The Labute approximate surface area is 189 Å². The van der Waals surface area contributed by atoms with Crippen molar-refractivity contribution in [3.63, 3.8) is 0 Å². The van der Waals surface area contributed by atoms with Gasteiger partial charge in [0.2, 0.25) is 5.91 Å². The van der Waals surface area contributed by atoms with Gasteiger partial charge in [-0.15, -0.1) is 0 Å². The van der Waals surface area contributed by atoms with E-state index in [4.69, 9.17) is 4.74 Å². The molecular formula is C24H24F3N3O3. The smallest absolute Gasteiger partial charge is 0.433 e. The van der Waals surface area contributed by atoms with Gasteiger partial charge in [-0.1, -0.05) is 19.1 Å². The lowest BCUT2D eigenvalue weighted by Crippen LogP contribution is -2.31. The highest BCUT2D eigenvalue weighted by molar-refractivity contribution is 6.03. The third kappa shape index (κ3) is 3.85. The van der Waals surface area contributed by atoms with E-state index in [1.54, 1.807) is 15.5 Å². The highest BCUT2D eigenvalue weighted by Gasteiger charge is 2.36. The van der Waals surface area contributed by atoms with Crippen LogP contribution in [0.4, 0.5) is 18.9 Å². The molecule has 0 aliphatic carbocycles. The summed E-state index contributed by atoms with van der Waals surface area (Å²) in [6.07, 6.45) is -3.92. The van der Waals surface area contributed by atoms with Gasteiger partial charge in [-0.2, -0.15) is 13.2 Å². The second kappa shape index (κ2) is 8.20. The molecular weight excluding hydrogens is 435 g/mol. The number of aryl methyl sites for hydroxylation is 1. The van der Waals surface area contributed by atoms with Crippen LogP contribution >= 0.6 is 0 Å². The van der Waals surface area contributed by atoms with Crippen molar-refractivity contribution < 1.29 is 27.5 Å². The van der Waals surface area contributed by atoms with Crippen molar-refractivity contribution in [3.05, 3.63) is 47.8 Å². The first-order valence-electron chi connectivity index (χ1n) is 10.7. The van der Waals surface area contributed by atoms with Crippen LogP contribution < -0.4 is 4.90 Å². The lowest BCUT2D eigenvalue weighted by molar-refractivity contribution is -0.141. The number of anilines is 1. The number of rotatable bonds is 4. The minimum Gasteiger partial charge on any atom is -0.464 e. The average Bonchev–Trinajstić information content (AvgIpc) is 3.28. The van der Waals surface area contributed by atoms with Gasteiger partial charge in [0, 0.05) is 35.3 Å². The molecule has 0 spiro atoms. The Hall–Kier alpha value is -3.36. The van der Waals surface area contributed by atoms with E-state index in [2.05, 4.69) is 4.98 Å². The number of aromatic nitrogens is 2. The lowest BCUT2D eigenvalue weighted by atomic mass is 10.1. The number of methoxy groups -OCH3 is 1. The summed E-state index contributed by atoms with van der Waals surface area (Å²) in [6, 6.07) is 9.97. The lowest BCUT2D eigenvalue weighted by Gasteiger charge is -2.22. The normalized spacial score (nSPS) is 18.9. The van der Waals surface area contributed by atoms with Crippen molar-refractivity contribution in [1.82, 2.24) is 9.55 Å². The van der Waals surface area contributed by atoms with Gasteiger partial charge >= 0.3 is 12.1 Å². The number of amides is 1. The van der Waals surface area contributed by atoms with Crippen molar-refractivity contribution in [1.29, 1.82) is 0 Å². The number of benzene rings is 1. The van der Waals surface area contributed by atoms with Gasteiger partial charge in [0.15, 0.2) is 5.69 Å². The minimum atomic E-state index is -4.71. The molecule has 3 heterocycles. The summed E-state index contributed by atoms with van der Waals surface area (Å²) in [5.41, 5.74) is 0.913. The van der Waals surface area contributed by atoms with E-state index in [0.717, 1.165) is 30.8 Å². The number of fused-ring (bicyclic) bond motifs is 1. The van der Waals surface area contributed by atoms with Gasteiger partial charge in [-0.3, -0.25) is 4.79 Å². The van der Waals surface area contributed by atoms with E-state index in [1.807, 2.05) is 45.0 Å². The maximum atomic E-state index is 13.4. The van der Waals surface area contributed by atoms with E-state index in [1.165, 1.54) is 0 Å². The fourth-order valence-electron chi connectivity index (χ4n) is 4.60. The minimum absolute atomic E-state index is 0.0330. The molecule has 0 saturated carbocycles. The number of hydrogen-bond acceptors (Lipinski definition) is 4. The number of ether oxygens (including phenoxy) is 1. The summed E-state index contributed by atoms with van der Waals surface area (Å²) < 4.78 is 46.7. The van der Waals surface area contributed by atoms with Crippen molar-refractivity contribution in [3.8, 4) is 11.3 Å². The van der Waals surface area contributed by atoms with Gasteiger partial charge in [0.05, 0.1) is 12.6 Å². The Morgan fingerprint density at radius 3 is 2.36 bits per heavy atom. The van der Waals surface area contributed by atoms with Gasteiger partial charge in [0.1, 0.15) is 5.69 Å². The molecule has 1 saturated heterocycles. The zero-order valence-corrected chi connectivity index (χ0v) is 18.7. The predicted octanol–water partition coefficient (Wildman–Crippen LogP) is 5.29. The molecule has 0 bridgehead atoms. The molecule has 1 aromatic carbocycles. The number of esters is 1. The Morgan fingerprint density at radius 2 is 1.85 bits per heavy atom. The zero-order chi connectivity index (χ0) is 24.1. The molecule has 1 fully saturated rings. The van der Waals surface area contributed by atoms with Crippen molar-refractivity contribution in [2.45, 2.75) is 46.0 Å². The van der Waals surface area contributed by atoms with Crippen LogP contribution in [0.3, 0.4) is 0 Å². The monoisotopic (exact) mass is 459 g/mol. The molecule has 1 amide bonds. The fraction of sp³-hybridized carbons (Fsp3) is 0.375. The maximum Gasteiger partial charge on any atom is 0.433 e. The van der Waals surface area contributed by atoms with Crippen LogP contribution in [0.5, 0.6) is 0 Å². The van der Waals surface area contributed by atoms with Gasteiger partial charge < -0.3 is 14.2 Å². The van der Waals surface area contributed by atoms with E-state index in [9.17, 15) is 22.8 Å². The molecule has 2 atom stereocenters. The number of pyridine rings is 1. The molecule has 174 valence electrons. The van der Waals surface area contributed by atoms with Crippen molar-refractivity contribution in [2.75, 3.05) is 12.0 Å². The molecule has 6 nitrogen and oxygen atoms in total. The van der Waals surface area contributed by atoms with Crippen LogP contribution in [0.1, 0.15) is 43.4 Å². The van der Waals surface area contributed by atoms with Crippen LogP contribution in [0.15, 0.2) is 36.4 Å². The van der Waals surface area contributed by atoms with E-state index in [0.29, 0.717) is 12.2 Å². The molecule has 4 rings (SSSR count). The van der Waals surface area contributed by atoms with Crippen LogP contribution in [0.25, 0.3) is 22.2 Å². The quantitative estimate of drug-likeness (QED) is 0.498. The van der Waals surface area contributed by atoms with Gasteiger partial charge in [-0.05, 0) is 50.1 Å². The second-order valence-electron chi connectivity index (χ2n) is 8.30. The SMILES string of the molecule is CCn1c(-c2ccc(N3C(=O)C(C)CC3C)cc2)cc2cc(C(F)(F)F)nc(C(=O)OC)c21. The largest absolute Gasteiger partial charge is 0.464 e. The summed E-state index contributed by atoms with van der Waals surface area (Å²) in [4.78, 5) is 30.2. The van der Waals surface area contributed by atoms with E-state index < -0.39 is 17.8 Å². The molecule has 0 N–H and O–H groups in total. The number of alkyl halides is 3. The molecule has 9 heteroatoms. The van der Waals surface area contributed by atoms with Crippen LogP contribution in [-0.2, 0) is 22.3 Å². The van der Waals surface area contributed by atoms with Crippen LogP contribution in [-0.4, -0.2) is 34.6 Å². The maximum absolute atomic E-state index is 13.4. The summed E-state index contributed by atoms with van der Waals surface area (Å²) >= 11 is 0. The standard InChI is InChI=1S/C24H24F3N3O3/c1-5-29-18(15-6-8-17(9-7-15)30-14(3)10-13(2)22(30)31)11-16-12-19(24(25,26)27)28-20(21(16)29)23(32)33-4/h6-9,11-14H,5,10H2,1-4H3. The average molecular weight is 459 g/mol. The summed E-state index contributed by atoms with van der Waals surface area (Å²) in [7, 11) is 1.11. The molecule has 1 aliphatic heterocycles. The van der Waals surface area contributed by atoms with E-state index >= 15 is 0 Å². The Balaban J connectivity index is 1.84. The summed E-state index contributed by atoms with van der Waals surface area (Å²) in [6.45, 7) is 6.15. The number of carbonyl (C=O) groups excluding carboxylic acids is 2. The first-order valence-corrected chi connectivity index (χ1v) is 10.7. The Bertz CT molecular complexity index is 1230. The number of halogens is 3. The number of carbonyl (C=O) groups is 2. The molecule has 3 aromatic rings. The highest BCUT2D eigenvalue weighted by Crippen LogP contribution is 2.36. The van der Waals surface area contributed by atoms with Gasteiger partial charge in [0.25, 0.3) is 0 Å². The molecule has 0 radical (unpaired) electrons. The molecule has 2 unspecified atom stereocenters. The van der Waals surface area contributed by atoms with Crippen molar-refractivity contribution >= 4 is 28.5 Å². The molecule has 2 aromatic heterocycles. The number of hydrogen-bond donors (Lipinski definition) is 0. The second-order valence-corrected chi connectivity index (χ2v) is 8.30. The van der Waals surface area contributed by atoms with Crippen LogP contribution in [0.2, 0.25) is 0 Å². The topological polar surface area (TPSA) is 64.4 Å². The third-order valence-corrected chi connectivity index (χ3v) is 6.10. The first kappa shape index (κ1) is 22.8. The summed E-state index contributed by atoms with van der Waals surface area (Å²) in [5.74, 6) is -0.891. The molecule has 1 aliphatic rings. The van der Waals surface area contributed by atoms with E-state index in [-0.39, 0.29) is 34.5 Å². The molecule has 33 heavy (non-hydrogen) atoms.